The lowest BCUT2D eigenvalue weighted by Crippen LogP contribution is -2.30. The molecule has 2 aromatic carbocycles. The lowest BCUT2D eigenvalue weighted by Gasteiger charge is -2.27. The molecule has 2 aromatic rings. The summed E-state index contributed by atoms with van der Waals surface area (Å²) in [4.78, 5) is 14.5. The molecular formula is C20H26N2O3S. The number of benzene rings is 2. The largest absolute Gasteiger partial charge is 0.339 e. The Hall–Kier alpha value is -2.18. The van der Waals surface area contributed by atoms with Crippen LogP contribution < -0.4 is 5.14 Å². The fourth-order valence-electron chi connectivity index (χ4n) is 2.97. The monoisotopic (exact) mass is 374 g/mol. The summed E-state index contributed by atoms with van der Waals surface area (Å²) < 4.78 is 23.1. The lowest BCUT2D eigenvalue weighted by molar-refractivity contribution is -0.132. The molecule has 140 valence electrons. The van der Waals surface area contributed by atoms with Crippen molar-refractivity contribution < 1.29 is 13.2 Å². The zero-order valence-electron chi connectivity index (χ0n) is 15.4. The topological polar surface area (TPSA) is 80.5 Å². The molecule has 0 aliphatic carbocycles. The van der Waals surface area contributed by atoms with E-state index in [2.05, 4.69) is 6.92 Å². The smallest absolute Gasteiger partial charge is 0.238 e. The first-order chi connectivity index (χ1) is 12.2. The Labute approximate surface area is 155 Å². The van der Waals surface area contributed by atoms with Crippen LogP contribution in [0.3, 0.4) is 0 Å². The minimum atomic E-state index is -3.77. The molecule has 2 unspecified atom stereocenters. The van der Waals surface area contributed by atoms with Crippen LogP contribution in [0.4, 0.5) is 0 Å². The van der Waals surface area contributed by atoms with Crippen molar-refractivity contribution in [1.29, 1.82) is 0 Å². The molecule has 1 amide bonds. The molecule has 0 radical (unpaired) electrons. The zero-order chi connectivity index (χ0) is 19.3. The van der Waals surface area contributed by atoms with Crippen LogP contribution in [0.5, 0.6) is 0 Å². The van der Waals surface area contributed by atoms with Crippen molar-refractivity contribution in [2.45, 2.75) is 43.5 Å². The van der Waals surface area contributed by atoms with Gasteiger partial charge in [0, 0.05) is 13.5 Å². The van der Waals surface area contributed by atoms with E-state index in [9.17, 15) is 13.2 Å². The molecule has 2 N–H and O–H groups in total. The fraction of sp³-hybridized carbons (Fsp3) is 0.350. The Morgan fingerprint density at radius 1 is 1.08 bits per heavy atom. The molecule has 0 saturated heterocycles. The fourth-order valence-corrected chi connectivity index (χ4v) is 3.54. The van der Waals surface area contributed by atoms with E-state index < -0.39 is 10.0 Å². The van der Waals surface area contributed by atoms with Gasteiger partial charge in [0.15, 0.2) is 0 Å². The molecule has 0 saturated carbocycles. The summed E-state index contributed by atoms with van der Waals surface area (Å²) in [6.45, 7) is 3.95. The van der Waals surface area contributed by atoms with Gasteiger partial charge < -0.3 is 4.90 Å². The average Bonchev–Trinajstić information content (AvgIpc) is 2.64. The second kappa shape index (κ2) is 8.47. The van der Waals surface area contributed by atoms with Crippen LogP contribution in [0.2, 0.25) is 0 Å². The van der Waals surface area contributed by atoms with Crippen molar-refractivity contribution in [3.05, 3.63) is 65.7 Å². The Kier molecular flexibility index (Phi) is 6.56. The van der Waals surface area contributed by atoms with Gasteiger partial charge in [0.05, 0.1) is 10.9 Å². The normalized spacial score (nSPS) is 13.8. The maximum Gasteiger partial charge on any atom is 0.238 e. The van der Waals surface area contributed by atoms with Crippen LogP contribution in [0, 0.1) is 0 Å². The highest BCUT2D eigenvalue weighted by atomic mass is 32.2. The molecule has 2 atom stereocenters. The number of hydrogen-bond donors (Lipinski definition) is 1. The summed E-state index contributed by atoms with van der Waals surface area (Å²) in [7, 11) is -2.02. The number of hydrogen-bond acceptors (Lipinski definition) is 3. The van der Waals surface area contributed by atoms with Gasteiger partial charge >= 0.3 is 0 Å². The van der Waals surface area contributed by atoms with Crippen molar-refractivity contribution in [1.82, 2.24) is 4.90 Å². The highest BCUT2D eigenvalue weighted by Crippen LogP contribution is 2.27. The first-order valence-electron chi connectivity index (χ1n) is 8.67. The van der Waals surface area contributed by atoms with Gasteiger partial charge in [-0.15, -0.1) is 0 Å². The first kappa shape index (κ1) is 20.1. The lowest BCUT2D eigenvalue weighted by atomic mass is 9.92. The summed E-state index contributed by atoms with van der Waals surface area (Å²) >= 11 is 0. The van der Waals surface area contributed by atoms with Gasteiger partial charge in [-0.1, -0.05) is 49.4 Å². The minimum Gasteiger partial charge on any atom is -0.339 e. The number of nitrogens with zero attached hydrogens (tertiary/aromatic N) is 1. The molecule has 6 heteroatoms. The van der Waals surface area contributed by atoms with Crippen LogP contribution in [0.1, 0.15) is 49.8 Å². The van der Waals surface area contributed by atoms with E-state index in [-0.39, 0.29) is 22.8 Å². The zero-order valence-corrected chi connectivity index (χ0v) is 16.2. The van der Waals surface area contributed by atoms with E-state index in [1.54, 1.807) is 24.1 Å². The van der Waals surface area contributed by atoms with Gasteiger partial charge in [-0.3, -0.25) is 4.79 Å². The SMILES string of the molecule is CCC(CC(=O)N(C)C(C)c1cccc(S(N)(=O)=O)c1)c1ccccc1. The van der Waals surface area contributed by atoms with Gasteiger partial charge in [-0.25, -0.2) is 13.6 Å². The van der Waals surface area contributed by atoms with Crippen LogP contribution in [0.25, 0.3) is 0 Å². The van der Waals surface area contributed by atoms with E-state index >= 15 is 0 Å². The van der Waals surface area contributed by atoms with Gasteiger partial charge in [0.1, 0.15) is 0 Å². The quantitative estimate of drug-likeness (QED) is 0.806. The van der Waals surface area contributed by atoms with Gasteiger partial charge in [-0.2, -0.15) is 0 Å². The summed E-state index contributed by atoms with van der Waals surface area (Å²) in [6.07, 6.45) is 1.29. The number of nitrogens with two attached hydrogens (primary N) is 1. The summed E-state index contributed by atoms with van der Waals surface area (Å²) in [5.41, 5.74) is 1.89. The maximum atomic E-state index is 12.8. The molecule has 0 heterocycles. The number of amides is 1. The summed E-state index contributed by atoms with van der Waals surface area (Å²) in [5.74, 6) is 0.184. The van der Waals surface area contributed by atoms with Crippen LogP contribution >= 0.6 is 0 Å². The van der Waals surface area contributed by atoms with Crippen molar-refractivity contribution in [3.63, 3.8) is 0 Å². The molecule has 0 aliphatic heterocycles. The van der Waals surface area contributed by atoms with Crippen molar-refractivity contribution in [2.24, 2.45) is 5.14 Å². The van der Waals surface area contributed by atoms with E-state index in [1.165, 1.54) is 12.1 Å². The highest BCUT2D eigenvalue weighted by molar-refractivity contribution is 7.89. The molecule has 0 spiro atoms. The maximum absolute atomic E-state index is 12.8. The Morgan fingerprint density at radius 2 is 1.69 bits per heavy atom. The van der Waals surface area contributed by atoms with Crippen molar-refractivity contribution >= 4 is 15.9 Å². The van der Waals surface area contributed by atoms with Crippen LogP contribution in [0.15, 0.2) is 59.5 Å². The van der Waals surface area contributed by atoms with E-state index in [0.717, 1.165) is 17.5 Å². The minimum absolute atomic E-state index is 0.0224. The Bertz CT molecular complexity index is 850. The van der Waals surface area contributed by atoms with Crippen LogP contribution in [-0.4, -0.2) is 26.3 Å². The van der Waals surface area contributed by atoms with E-state index in [4.69, 9.17) is 5.14 Å². The van der Waals surface area contributed by atoms with E-state index in [1.807, 2.05) is 37.3 Å². The number of carbonyl (C=O) groups is 1. The molecular weight excluding hydrogens is 348 g/mol. The number of rotatable bonds is 7. The van der Waals surface area contributed by atoms with Crippen molar-refractivity contribution in [3.8, 4) is 0 Å². The van der Waals surface area contributed by atoms with Crippen LogP contribution in [-0.2, 0) is 14.8 Å². The van der Waals surface area contributed by atoms with Gasteiger partial charge in [0.2, 0.25) is 15.9 Å². The predicted octanol–water partition coefficient (Wildman–Crippen LogP) is 3.44. The van der Waals surface area contributed by atoms with Gasteiger partial charge in [0.25, 0.3) is 0 Å². The van der Waals surface area contributed by atoms with Crippen molar-refractivity contribution in [2.75, 3.05) is 7.05 Å². The number of carbonyl (C=O) groups excluding carboxylic acids is 1. The van der Waals surface area contributed by atoms with Gasteiger partial charge in [-0.05, 0) is 42.5 Å². The molecule has 0 bridgehead atoms. The third kappa shape index (κ3) is 4.93. The molecule has 0 aromatic heterocycles. The third-order valence-electron chi connectivity index (χ3n) is 4.83. The Morgan fingerprint density at radius 3 is 2.27 bits per heavy atom. The molecule has 0 fully saturated rings. The average molecular weight is 375 g/mol. The standard InChI is InChI=1S/C20H26N2O3S/c1-4-16(17-9-6-5-7-10-17)14-20(23)22(3)15(2)18-11-8-12-19(13-18)26(21,24)25/h5-13,15-16H,4,14H2,1-3H3,(H2,21,24,25). The first-order valence-corrected chi connectivity index (χ1v) is 10.2. The second-order valence-electron chi connectivity index (χ2n) is 6.52. The molecule has 5 nitrogen and oxygen atoms in total. The summed E-state index contributed by atoms with van der Waals surface area (Å²) in [5, 5.41) is 5.20. The summed E-state index contributed by atoms with van der Waals surface area (Å²) in [6, 6.07) is 16.2. The molecule has 26 heavy (non-hydrogen) atoms. The Balaban J connectivity index is 2.14. The second-order valence-corrected chi connectivity index (χ2v) is 8.08. The molecule has 0 aliphatic rings. The van der Waals surface area contributed by atoms with E-state index in [0.29, 0.717) is 6.42 Å². The number of sulfonamides is 1. The third-order valence-corrected chi connectivity index (χ3v) is 5.74. The predicted molar refractivity (Wildman–Crippen MR) is 103 cm³/mol. The number of primary sulfonamides is 1. The molecule has 2 rings (SSSR count). The highest BCUT2D eigenvalue weighted by Gasteiger charge is 2.22.